The van der Waals surface area contributed by atoms with Crippen LogP contribution >= 0.6 is 11.8 Å². The summed E-state index contributed by atoms with van der Waals surface area (Å²) in [4.78, 5) is 50.2. The molecule has 0 bridgehead atoms. The number of carbonyl (C=O) groups is 3. The standard InChI is InChI=1S/C22H17FN4O4S/c23-14-7-5-13(6-8-14)11-18-21(30)27(22(31)32-18)10-9-24-19(28)12-17-15-3-1-2-4-16(15)20(29)26-25-17/h1-8,11H,9-10,12H2,(H,24,28)(H,26,29). The molecule has 32 heavy (non-hydrogen) atoms. The Morgan fingerprint density at radius 2 is 1.81 bits per heavy atom. The maximum Gasteiger partial charge on any atom is 0.293 e. The summed E-state index contributed by atoms with van der Waals surface area (Å²) in [5, 5.41) is 9.59. The highest BCUT2D eigenvalue weighted by molar-refractivity contribution is 8.18. The zero-order chi connectivity index (χ0) is 22.7. The van der Waals surface area contributed by atoms with Gasteiger partial charge in [-0.25, -0.2) is 9.49 Å². The second-order valence-electron chi connectivity index (χ2n) is 6.96. The first-order valence-corrected chi connectivity index (χ1v) is 10.5. The summed E-state index contributed by atoms with van der Waals surface area (Å²) in [5.74, 6) is -1.22. The Balaban J connectivity index is 1.35. The van der Waals surface area contributed by atoms with E-state index < -0.39 is 17.0 Å². The Labute approximate surface area is 185 Å². The van der Waals surface area contributed by atoms with E-state index in [4.69, 9.17) is 0 Å². The molecule has 1 aromatic heterocycles. The minimum atomic E-state index is -0.466. The summed E-state index contributed by atoms with van der Waals surface area (Å²) in [7, 11) is 0. The first-order valence-electron chi connectivity index (χ1n) is 9.66. The van der Waals surface area contributed by atoms with E-state index in [1.807, 2.05) is 0 Å². The largest absolute Gasteiger partial charge is 0.354 e. The lowest BCUT2D eigenvalue weighted by molar-refractivity contribution is -0.124. The van der Waals surface area contributed by atoms with Gasteiger partial charge in [0.1, 0.15) is 5.82 Å². The van der Waals surface area contributed by atoms with Crippen LogP contribution in [0, 0.1) is 5.82 Å². The molecule has 8 nitrogen and oxygen atoms in total. The average Bonchev–Trinajstić information content (AvgIpc) is 3.05. The Morgan fingerprint density at radius 3 is 2.56 bits per heavy atom. The van der Waals surface area contributed by atoms with E-state index >= 15 is 0 Å². The van der Waals surface area contributed by atoms with Crippen LogP contribution in [0.3, 0.4) is 0 Å². The molecule has 4 rings (SSSR count). The van der Waals surface area contributed by atoms with Crippen LogP contribution in [-0.2, 0) is 16.0 Å². The molecular weight excluding hydrogens is 435 g/mol. The van der Waals surface area contributed by atoms with Gasteiger partial charge in [0.25, 0.3) is 16.7 Å². The highest BCUT2D eigenvalue weighted by atomic mass is 32.2. The molecule has 3 amide bonds. The Bertz CT molecular complexity index is 1300. The number of amides is 3. The SMILES string of the molecule is O=C(Cc1n[nH]c(=O)c2ccccc12)NCCN1C(=O)SC(=Cc2ccc(F)cc2)C1=O. The Hall–Kier alpha value is -3.79. The predicted octanol–water partition coefficient (Wildman–Crippen LogP) is 2.46. The topological polar surface area (TPSA) is 112 Å². The molecule has 2 aromatic carbocycles. The second-order valence-corrected chi connectivity index (χ2v) is 7.95. The van der Waals surface area contributed by atoms with E-state index in [9.17, 15) is 23.6 Å². The number of benzene rings is 2. The Morgan fingerprint density at radius 1 is 1.09 bits per heavy atom. The zero-order valence-electron chi connectivity index (χ0n) is 16.6. The number of thioether (sulfide) groups is 1. The number of rotatable bonds is 6. The zero-order valence-corrected chi connectivity index (χ0v) is 17.4. The molecule has 162 valence electrons. The van der Waals surface area contributed by atoms with Gasteiger partial charge >= 0.3 is 0 Å². The molecule has 10 heteroatoms. The van der Waals surface area contributed by atoms with Crippen molar-refractivity contribution >= 4 is 45.7 Å². The van der Waals surface area contributed by atoms with Crippen molar-refractivity contribution in [2.24, 2.45) is 0 Å². The van der Waals surface area contributed by atoms with Gasteiger partial charge in [0.2, 0.25) is 5.91 Å². The number of halogens is 1. The fourth-order valence-electron chi connectivity index (χ4n) is 3.23. The minimum Gasteiger partial charge on any atom is -0.354 e. The summed E-state index contributed by atoms with van der Waals surface area (Å²) in [5.41, 5.74) is 0.690. The number of carbonyl (C=O) groups excluding carboxylic acids is 3. The van der Waals surface area contributed by atoms with Gasteiger partial charge in [-0.05, 0) is 41.6 Å². The summed E-state index contributed by atoms with van der Waals surface area (Å²) >= 11 is 0.793. The van der Waals surface area contributed by atoms with Crippen molar-refractivity contribution in [2.45, 2.75) is 6.42 Å². The lowest BCUT2D eigenvalue weighted by atomic mass is 10.1. The molecule has 1 saturated heterocycles. The van der Waals surface area contributed by atoms with Gasteiger partial charge in [-0.3, -0.25) is 24.1 Å². The number of hydrogen-bond acceptors (Lipinski definition) is 6. The number of fused-ring (bicyclic) bond motifs is 1. The van der Waals surface area contributed by atoms with Crippen LogP contribution in [0.25, 0.3) is 16.8 Å². The lowest BCUT2D eigenvalue weighted by Crippen LogP contribution is -2.37. The molecule has 0 aliphatic carbocycles. The maximum atomic E-state index is 13.0. The third-order valence-corrected chi connectivity index (χ3v) is 5.71. The fraction of sp³-hybridized carbons (Fsp3) is 0.136. The van der Waals surface area contributed by atoms with Crippen molar-refractivity contribution < 1.29 is 18.8 Å². The summed E-state index contributed by atoms with van der Waals surface area (Å²) in [6.45, 7) is 0.0823. The van der Waals surface area contributed by atoms with Crippen molar-refractivity contribution in [3.8, 4) is 0 Å². The van der Waals surface area contributed by atoms with E-state index in [0.717, 1.165) is 16.7 Å². The summed E-state index contributed by atoms with van der Waals surface area (Å²) in [6, 6.07) is 12.4. The number of H-pyrrole nitrogens is 1. The van der Waals surface area contributed by atoms with Gasteiger partial charge in [0.15, 0.2) is 0 Å². The molecule has 0 unspecified atom stereocenters. The summed E-state index contributed by atoms with van der Waals surface area (Å²) < 4.78 is 13.0. The van der Waals surface area contributed by atoms with Crippen LogP contribution < -0.4 is 10.9 Å². The molecule has 1 aliphatic rings. The van der Waals surface area contributed by atoms with E-state index in [-0.39, 0.29) is 35.9 Å². The van der Waals surface area contributed by atoms with Crippen molar-refractivity contribution in [2.75, 3.05) is 13.1 Å². The Kier molecular flexibility index (Phi) is 6.13. The molecule has 0 saturated carbocycles. The fourth-order valence-corrected chi connectivity index (χ4v) is 4.10. The van der Waals surface area contributed by atoms with E-state index in [0.29, 0.717) is 22.0 Å². The first-order chi connectivity index (χ1) is 15.4. The number of nitrogens with zero attached hydrogens (tertiary/aromatic N) is 2. The van der Waals surface area contributed by atoms with Crippen LogP contribution in [0.1, 0.15) is 11.3 Å². The van der Waals surface area contributed by atoms with Gasteiger partial charge < -0.3 is 5.32 Å². The molecule has 1 aliphatic heterocycles. The average molecular weight is 452 g/mol. The monoisotopic (exact) mass is 452 g/mol. The number of imide groups is 1. The van der Waals surface area contributed by atoms with Crippen molar-refractivity contribution in [3.63, 3.8) is 0 Å². The quantitative estimate of drug-likeness (QED) is 0.556. The third-order valence-electron chi connectivity index (χ3n) is 4.80. The predicted molar refractivity (Wildman–Crippen MR) is 118 cm³/mol. The molecule has 0 radical (unpaired) electrons. The van der Waals surface area contributed by atoms with Gasteiger partial charge in [-0.2, -0.15) is 5.10 Å². The molecule has 2 N–H and O–H groups in total. The van der Waals surface area contributed by atoms with E-state index in [2.05, 4.69) is 15.5 Å². The maximum absolute atomic E-state index is 13.0. The molecule has 2 heterocycles. The second kappa shape index (κ2) is 9.15. The number of aromatic nitrogens is 2. The molecular formula is C22H17FN4O4S. The van der Waals surface area contributed by atoms with Gasteiger partial charge in [0.05, 0.1) is 22.4 Å². The van der Waals surface area contributed by atoms with Crippen LogP contribution in [0.4, 0.5) is 9.18 Å². The van der Waals surface area contributed by atoms with Crippen LogP contribution in [-0.4, -0.2) is 45.2 Å². The van der Waals surface area contributed by atoms with Crippen molar-refractivity contribution in [3.05, 3.63) is 80.9 Å². The molecule has 1 fully saturated rings. The minimum absolute atomic E-state index is 0.0109. The summed E-state index contributed by atoms with van der Waals surface area (Å²) in [6.07, 6.45) is 1.46. The normalized spacial score (nSPS) is 15.0. The lowest BCUT2D eigenvalue weighted by Gasteiger charge is -2.13. The highest BCUT2D eigenvalue weighted by Crippen LogP contribution is 2.31. The van der Waals surface area contributed by atoms with Crippen molar-refractivity contribution in [1.82, 2.24) is 20.4 Å². The van der Waals surface area contributed by atoms with Crippen molar-refractivity contribution in [1.29, 1.82) is 0 Å². The van der Waals surface area contributed by atoms with Gasteiger partial charge in [0, 0.05) is 18.5 Å². The molecule has 0 spiro atoms. The van der Waals surface area contributed by atoms with E-state index in [1.165, 1.54) is 30.3 Å². The van der Waals surface area contributed by atoms with Crippen LogP contribution in [0.5, 0.6) is 0 Å². The van der Waals surface area contributed by atoms with Crippen LogP contribution in [0.15, 0.2) is 58.2 Å². The van der Waals surface area contributed by atoms with Crippen LogP contribution in [0.2, 0.25) is 0 Å². The van der Waals surface area contributed by atoms with Gasteiger partial charge in [-0.15, -0.1) is 0 Å². The van der Waals surface area contributed by atoms with Gasteiger partial charge in [-0.1, -0.05) is 30.3 Å². The number of aromatic amines is 1. The molecule has 3 aromatic rings. The smallest absolute Gasteiger partial charge is 0.293 e. The number of hydrogen-bond donors (Lipinski definition) is 2. The highest BCUT2D eigenvalue weighted by Gasteiger charge is 2.34. The third kappa shape index (κ3) is 4.59. The van der Waals surface area contributed by atoms with E-state index in [1.54, 1.807) is 24.3 Å². The first kappa shape index (κ1) is 21.4. The number of nitrogens with one attached hydrogen (secondary N) is 2. The molecule has 0 atom stereocenters.